The lowest BCUT2D eigenvalue weighted by molar-refractivity contribution is 0.113. The Morgan fingerprint density at radius 3 is 2.43 bits per heavy atom. The molecule has 0 fully saturated rings. The third kappa shape index (κ3) is 5.46. The summed E-state index contributed by atoms with van der Waals surface area (Å²) in [4.78, 5) is 6.89. The van der Waals surface area contributed by atoms with Gasteiger partial charge in [0.15, 0.2) is 0 Å². The summed E-state index contributed by atoms with van der Waals surface area (Å²) in [6, 6.07) is 24.3. The van der Waals surface area contributed by atoms with Crippen molar-refractivity contribution >= 4 is 35.0 Å². The van der Waals surface area contributed by atoms with Crippen LogP contribution in [0.5, 0.6) is 0 Å². The first kappa shape index (κ1) is 21.0. The predicted molar refractivity (Wildman–Crippen MR) is 124 cm³/mol. The maximum atomic E-state index is 6.33. The van der Waals surface area contributed by atoms with Crippen molar-refractivity contribution in [3.8, 4) is 11.4 Å². The van der Waals surface area contributed by atoms with Crippen molar-refractivity contribution in [3.63, 3.8) is 0 Å². The molecule has 3 nitrogen and oxygen atoms in total. The molecule has 0 aliphatic heterocycles. The fraction of sp³-hybridized carbons (Fsp3) is 0.125. The van der Waals surface area contributed by atoms with Gasteiger partial charge in [-0.2, -0.15) is 0 Å². The number of hydrogen-bond acceptors (Lipinski definition) is 3. The van der Waals surface area contributed by atoms with E-state index in [1.807, 2.05) is 29.0 Å². The van der Waals surface area contributed by atoms with Crippen LogP contribution in [-0.2, 0) is 17.9 Å². The summed E-state index contributed by atoms with van der Waals surface area (Å²) >= 11 is 14.1. The Morgan fingerprint density at radius 1 is 0.900 bits per heavy atom. The molecule has 0 saturated carbocycles. The molecule has 152 valence electrons. The fourth-order valence-corrected chi connectivity index (χ4v) is 4.37. The van der Waals surface area contributed by atoms with E-state index >= 15 is 0 Å². The highest BCUT2D eigenvalue weighted by atomic mass is 35.5. The van der Waals surface area contributed by atoms with E-state index < -0.39 is 0 Å². The van der Waals surface area contributed by atoms with E-state index in [1.54, 1.807) is 24.0 Å². The zero-order valence-corrected chi connectivity index (χ0v) is 18.5. The molecule has 0 N–H and O–H groups in total. The zero-order chi connectivity index (χ0) is 20.8. The number of benzene rings is 3. The molecule has 0 spiro atoms. The quantitative estimate of drug-likeness (QED) is 0.262. The second kappa shape index (κ2) is 10.2. The van der Waals surface area contributed by atoms with Gasteiger partial charge in [0.25, 0.3) is 0 Å². The highest BCUT2D eigenvalue weighted by molar-refractivity contribution is 7.99. The van der Waals surface area contributed by atoms with Crippen LogP contribution in [0.3, 0.4) is 0 Å². The zero-order valence-electron chi connectivity index (χ0n) is 16.2. The monoisotopic (exact) mass is 454 g/mol. The van der Waals surface area contributed by atoms with E-state index in [0.29, 0.717) is 29.8 Å². The van der Waals surface area contributed by atoms with Crippen molar-refractivity contribution in [3.05, 3.63) is 101 Å². The van der Waals surface area contributed by atoms with E-state index in [9.17, 15) is 0 Å². The molecular weight excluding hydrogens is 435 g/mol. The lowest BCUT2D eigenvalue weighted by Crippen LogP contribution is -2.07. The highest BCUT2D eigenvalue weighted by Crippen LogP contribution is 2.29. The average molecular weight is 455 g/mol. The van der Waals surface area contributed by atoms with Crippen LogP contribution in [0.1, 0.15) is 5.56 Å². The minimum Gasteiger partial charge on any atom is -0.375 e. The van der Waals surface area contributed by atoms with Crippen molar-refractivity contribution in [1.29, 1.82) is 0 Å². The van der Waals surface area contributed by atoms with Gasteiger partial charge >= 0.3 is 0 Å². The average Bonchev–Trinajstić information content (AvgIpc) is 3.21. The second-order valence-electron chi connectivity index (χ2n) is 6.68. The van der Waals surface area contributed by atoms with Crippen LogP contribution in [0.25, 0.3) is 11.4 Å². The Hall–Kier alpha value is -2.24. The number of rotatable bonds is 8. The highest BCUT2D eigenvalue weighted by Gasteiger charge is 2.10. The minimum atomic E-state index is 0.571. The Labute approximate surface area is 190 Å². The lowest BCUT2D eigenvalue weighted by Gasteiger charge is -2.10. The van der Waals surface area contributed by atoms with Gasteiger partial charge in [0.05, 0.1) is 18.2 Å². The van der Waals surface area contributed by atoms with E-state index in [1.165, 1.54) is 9.79 Å². The number of aromatic nitrogens is 2. The van der Waals surface area contributed by atoms with Gasteiger partial charge in [0.2, 0.25) is 0 Å². The molecule has 3 aromatic carbocycles. The molecule has 0 unspecified atom stereocenters. The largest absolute Gasteiger partial charge is 0.375 e. The summed E-state index contributed by atoms with van der Waals surface area (Å²) in [5, 5.41) is 1.20. The van der Waals surface area contributed by atoms with Crippen molar-refractivity contribution in [2.75, 3.05) is 6.61 Å². The van der Waals surface area contributed by atoms with Gasteiger partial charge < -0.3 is 9.30 Å². The molecule has 1 heterocycles. The van der Waals surface area contributed by atoms with Crippen molar-refractivity contribution < 1.29 is 4.74 Å². The molecule has 4 rings (SSSR count). The summed E-state index contributed by atoms with van der Waals surface area (Å²) in [6.07, 6.45) is 3.70. The lowest BCUT2D eigenvalue weighted by atomic mass is 10.2. The van der Waals surface area contributed by atoms with Crippen LogP contribution in [0.4, 0.5) is 0 Å². The molecule has 0 saturated heterocycles. The van der Waals surface area contributed by atoms with Crippen molar-refractivity contribution in [2.24, 2.45) is 0 Å². The number of hydrogen-bond donors (Lipinski definition) is 0. The fourth-order valence-electron chi connectivity index (χ4n) is 3.04. The predicted octanol–water partition coefficient (Wildman–Crippen LogP) is 7.22. The Bertz CT molecular complexity index is 1100. The van der Waals surface area contributed by atoms with Gasteiger partial charge in [0, 0.05) is 39.3 Å². The first-order chi connectivity index (χ1) is 14.7. The topological polar surface area (TPSA) is 27.1 Å². The summed E-state index contributed by atoms with van der Waals surface area (Å²) in [7, 11) is 0. The Balaban J connectivity index is 1.29. The molecule has 1 aromatic heterocycles. The van der Waals surface area contributed by atoms with E-state index in [-0.39, 0.29) is 0 Å². The molecular formula is C24H20Cl2N2OS. The normalized spacial score (nSPS) is 11.0. The third-order valence-corrected chi connectivity index (χ3v) is 6.10. The van der Waals surface area contributed by atoms with Gasteiger partial charge in [-0.05, 0) is 48.0 Å². The SMILES string of the molecule is Clc1ccc(-c2nccn2CCOCc2ccc(Sc3ccccc3)cc2)c(Cl)c1. The molecule has 0 aliphatic carbocycles. The molecule has 6 heteroatoms. The van der Waals surface area contributed by atoms with Crippen molar-refractivity contribution in [2.45, 2.75) is 22.9 Å². The van der Waals surface area contributed by atoms with Crippen LogP contribution in [0, 0.1) is 0 Å². The summed E-state index contributed by atoms with van der Waals surface area (Å²) in [5.74, 6) is 0.808. The van der Waals surface area contributed by atoms with E-state index in [2.05, 4.69) is 53.5 Å². The Morgan fingerprint density at radius 2 is 1.67 bits per heavy atom. The van der Waals surface area contributed by atoms with E-state index in [4.69, 9.17) is 27.9 Å². The number of nitrogens with zero attached hydrogens (tertiary/aromatic N) is 2. The molecule has 0 radical (unpaired) electrons. The standard InChI is InChI=1S/C24H20Cl2N2OS/c25-19-8-11-22(23(26)16-19)24-27-12-13-28(24)14-15-29-17-18-6-9-21(10-7-18)30-20-4-2-1-3-5-20/h1-13,16H,14-15,17H2. The summed E-state index contributed by atoms with van der Waals surface area (Å²) < 4.78 is 7.92. The molecule has 0 amide bonds. The maximum Gasteiger partial charge on any atom is 0.141 e. The molecule has 4 aromatic rings. The third-order valence-electron chi connectivity index (χ3n) is 4.54. The number of ether oxygens (including phenoxy) is 1. The van der Waals surface area contributed by atoms with Gasteiger partial charge in [0.1, 0.15) is 5.82 Å². The van der Waals surface area contributed by atoms with Crippen molar-refractivity contribution in [1.82, 2.24) is 9.55 Å². The van der Waals surface area contributed by atoms with Gasteiger partial charge in [-0.1, -0.05) is 65.3 Å². The van der Waals surface area contributed by atoms with E-state index in [0.717, 1.165) is 17.0 Å². The minimum absolute atomic E-state index is 0.571. The molecule has 0 bridgehead atoms. The van der Waals surface area contributed by atoms with Gasteiger partial charge in [-0.3, -0.25) is 0 Å². The number of imidazole rings is 1. The van der Waals surface area contributed by atoms with Crippen LogP contribution in [0.2, 0.25) is 10.0 Å². The number of halogens is 2. The molecule has 0 aliphatic rings. The van der Waals surface area contributed by atoms with Crippen LogP contribution in [0.15, 0.2) is 95.0 Å². The maximum absolute atomic E-state index is 6.33. The van der Waals surface area contributed by atoms with Crippen LogP contribution >= 0.6 is 35.0 Å². The molecule has 30 heavy (non-hydrogen) atoms. The van der Waals surface area contributed by atoms with Crippen LogP contribution < -0.4 is 0 Å². The summed E-state index contributed by atoms with van der Waals surface area (Å²) in [6.45, 7) is 1.84. The Kier molecular flexibility index (Phi) is 7.13. The smallest absolute Gasteiger partial charge is 0.141 e. The van der Waals surface area contributed by atoms with Gasteiger partial charge in [-0.15, -0.1) is 0 Å². The van der Waals surface area contributed by atoms with Crippen LogP contribution in [-0.4, -0.2) is 16.2 Å². The first-order valence-corrected chi connectivity index (χ1v) is 11.1. The molecule has 0 atom stereocenters. The first-order valence-electron chi connectivity index (χ1n) is 9.55. The van der Waals surface area contributed by atoms with Gasteiger partial charge in [-0.25, -0.2) is 4.98 Å². The second-order valence-corrected chi connectivity index (χ2v) is 8.67. The summed E-state index contributed by atoms with van der Waals surface area (Å²) in [5.41, 5.74) is 2.01.